The molecular formula is C17H20IN3S. The highest BCUT2D eigenvalue weighted by Crippen LogP contribution is 2.25. The fourth-order valence-corrected chi connectivity index (χ4v) is 3.24. The molecule has 22 heavy (non-hydrogen) atoms. The Kier molecular flexibility index (Phi) is 5.50. The smallest absolute Gasteiger partial charge is 0.166 e. The topological polar surface area (TPSA) is 41.6 Å². The molecule has 0 fully saturated rings. The first-order valence-electron chi connectivity index (χ1n) is 7.05. The number of H-pyrrole nitrogens is 1. The monoisotopic (exact) mass is 425 g/mol. The fourth-order valence-electron chi connectivity index (χ4n) is 2.33. The number of hydrogen-bond acceptors (Lipinski definition) is 3. The lowest BCUT2D eigenvalue weighted by Gasteiger charge is -2.09. The summed E-state index contributed by atoms with van der Waals surface area (Å²) in [6.45, 7) is 8.50. The van der Waals surface area contributed by atoms with Crippen molar-refractivity contribution >= 4 is 46.8 Å². The third-order valence-corrected chi connectivity index (χ3v) is 4.85. The van der Waals surface area contributed by atoms with Gasteiger partial charge < -0.3 is 4.98 Å². The Balaban J connectivity index is 0.00000176. The summed E-state index contributed by atoms with van der Waals surface area (Å²) in [5.41, 5.74) is 8.37. The number of benzene rings is 1. The molecule has 116 valence electrons. The van der Waals surface area contributed by atoms with Gasteiger partial charge in [0.05, 0.1) is 16.7 Å². The van der Waals surface area contributed by atoms with E-state index >= 15 is 0 Å². The maximum atomic E-state index is 4.62. The molecular weight excluding hydrogens is 405 g/mol. The average Bonchev–Trinajstić information content (AvgIpc) is 2.86. The molecule has 0 aliphatic heterocycles. The van der Waals surface area contributed by atoms with E-state index in [4.69, 9.17) is 0 Å². The molecule has 0 aliphatic carbocycles. The number of hydrogen-bond donors (Lipinski definition) is 1. The van der Waals surface area contributed by atoms with E-state index in [9.17, 15) is 0 Å². The Bertz CT molecular complexity index is 811. The lowest BCUT2D eigenvalue weighted by molar-refractivity contribution is 1.05. The van der Waals surface area contributed by atoms with Gasteiger partial charge in [-0.2, -0.15) is 0 Å². The first kappa shape index (κ1) is 17.3. The number of nitrogens with zero attached hydrogens (tertiary/aromatic N) is 2. The molecule has 0 aliphatic rings. The summed E-state index contributed by atoms with van der Waals surface area (Å²) in [6, 6.07) is 6.28. The van der Waals surface area contributed by atoms with Crippen LogP contribution in [0.1, 0.15) is 27.9 Å². The predicted molar refractivity (Wildman–Crippen MR) is 104 cm³/mol. The van der Waals surface area contributed by atoms with Gasteiger partial charge in [0.2, 0.25) is 0 Å². The van der Waals surface area contributed by atoms with Crippen LogP contribution in [0.2, 0.25) is 0 Å². The minimum absolute atomic E-state index is 0. The SMILES string of the molecule is Cc1ccc2nc(SCc3ncc(C)c(C)c3C)[nH]c2c1.I. The fraction of sp³-hybridized carbons (Fsp3) is 0.294. The van der Waals surface area contributed by atoms with Crippen LogP contribution in [-0.4, -0.2) is 15.0 Å². The quantitative estimate of drug-likeness (QED) is 0.469. The van der Waals surface area contributed by atoms with Crippen molar-refractivity contribution in [1.82, 2.24) is 15.0 Å². The third-order valence-electron chi connectivity index (χ3n) is 3.96. The maximum absolute atomic E-state index is 4.62. The lowest BCUT2D eigenvalue weighted by atomic mass is 10.1. The van der Waals surface area contributed by atoms with E-state index in [1.54, 1.807) is 11.8 Å². The Hall–Kier alpha value is -1.08. The van der Waals surface area contributed by atoms with Crippen LogP contribution < -0.4 is 0 Å². The van der Waals surface area contributed by atoms with Crippen molar-refractivity contribution in [3.05, 3.63) is 52.3 Å². The van der Waals surface area contributed by atoms with Crippen LogP contribution >= 0.6 is 35.7 Å². The number of thioether (sulfide) groups is 1. The van der Waals surface area contributed by atoms with E-state index in [0.29, 0.717) is 0 Å². The molecule has 0 radical (unpaired) electrons. The predicted octanol–water partition coefficient (Wildman–Crippen LogP) is 5.10. The normalized spacial score (nSPS) is 10.7. The standard InChI is InChI=1S/C17H19N3S.HI/c1-10-5-6-14-15(7-10)20-17(19-14)21-9-16-13(4)12(3)11(2)8-18-16;/h5-8H,9H2,1-4H3,(H,19,20);1H. The highest BCUT2D eigenvalue weighted by Gasteiger charge is 2.08. The number of fused-ring (bicyclic) bond motifs is 1. The molecule has 5 heteroatoms. The second kappa shape index (κ2) is 7.00. The van der Waals surface area contributed by atoms with Gasteiger partial charge in [0.15, 0.2) is 5.16 Å². The summed E-state index contributed by atoms with van der Waals surface area (Å²) in [7, 11) is 0. The van der Waals surface area contributed by atoms with Gasteiger partial charge in [-0.1, -0.05) is 17.8 Å². The summed E-state index contributed by atoms with van der Waals surface area (Å²) >= 11 is 1.70. The maximum Gasteiger partial charge on any atom is 0.166 e. The van der Waals surface area contributed by atoms with E-state index < -0.39 is 0 Å². The zero-order valence-electron chi connectivity index (χ0n) is 13.2. The first-order chi connectivity index (χ1) is 10.0. The Morgan fingerprint density at radius 1 is 1.09 bits per heavy atom. The van der Waals surface area contributed by atoms with Crippen molar-refractivity contribution in [3.8, 4) is 0 Å². The largest absolute Gasteiger partial charge is 0.333 e. The zero-order valence-corrected chi connectivity index (χ0v) is 16.4. The molecule has 0 atom stereocenters. The molecule has 3 rings (SSSR count). The molecule has 1 N–H and O–H groups in total. The van der Waals surface area contributed by atoms with Crippen molar-refractivity contribution < 1.29 is 0 Å². The van der Waals surface area contributed by atoms with E-state index in [0.717, 1.165) is 27.6 Å². The number of rotatable bonds is 3. The summed E-state index contributed by atoms with van der Waals surface area (Å²) in [5.74, 6) is 0.839. The minimum Gasteiger partial charge on any atom is -0.333 e. The van der Waals surface area contributed by atoms with E-state index in [-0.39, 0.29) is 24.0 Å². The zero-order chi connectivity index (χ0) is 15.0. The number of pyridine rings is 1. The van der Waals surface area contributed by atoms with Crippen LogP contribution in [0.4, 0.5) is 0 Å². The number of aryl methyl sites for hydroxylation is 2. The van der Waals surface area contributed by atoms with Crippen LogP contribution in [0.15, 0.2) is 29.6 Å². The van der Waals surface area contributed by atoms with Crippen molar-refractivity contribution in [2.24, 2.45) is 0 Å². The van der Waals surface area contributed by atoms with Gasteiger partial charge in [-0.25, -0.2) is 4.98 Å². The van der Waals surface area contributed by atoms with E-state index in [1.807, 2.05) is 6.20 Å². The van der Waals surface area contributed by atoms with Gasteiger partial charge in [0, 0.05) is 11.9 Å². The molecule has 0 saturated heterocycles. The van der Waals surface area contributed by atoms with E-state index in [1.165, 1.54) is 22.3 Å². The van der Waals surface area contributed by atoms with Gasteiger partial charge in [-0.3, -0.25) is 4.98 Å². The van der Waals surface area contributed by atoms with Crippen LogP contribution in [-0.2, 0) is 5.75 Å². The summed E-state index contributed by atoms with van der Waals surface area (Å²) in [5, 5.41) is 0.954. The van der Waals surface area contributed by atoms with Crippen molar-refractivity contribution in [3.63, 3.8) is 0 Å². The van der Waals surface area contributed by atoms with Crippen LogP contribution in [0.3, 0.4) is 0 Å². The molecule has 0 bridgehead atoms. The molecule has 0 saturated carbocycles. The Morgan fingerprint density at radius 3 is 2.64 bits per heavy atom. The number of nitrogens with one attached hydrogen (secondary N) is 1. The van der Waals surface area contributed by atoms with Crippen LogP contribution in [0, 0.1) is 27.7 Å². The molecule has 2 aromatic heterocycles. The lowest BCUT2D eigenvalue weighted by Crippen LogP contribution is -1.97. The van der Waals surface area contributed by atoms with Crippen molar-refractivity contribution in [2.75, 3.05) is 0 Å². The van der Waals surface area contributed by atoms with Gasteiger partial charge in [-0.15, -0.1) is 24.0 Å². The number of imidazole rings is 1. The highest BCUT2D eigenvalue weighted by atomic mass is 127. The molecule has 0 spiro atoms. The third kappa shape index (κ3) is 3.46. The number of aromatic nitrogens is 3. The number of halogens is 1. The Labute approximate surface area is 152 Å². The number of aromatic amines is 1. The van der Waals surface area contributed by atoms with Gasteiger partial charge in [-0.05, 0) is 62.1 Å². The van der Waals surface area contributed by atoms with Crippen molar-refractivity contribution in [1.29, 1.82) is 0 Å². The molecule has 3 nitrogen and oxygen atoms in total. The molecule has 0 unspecified atom stereocenters. The summed E-state index contributed by atoms with van der Waals surface area (Å²) in [6.07, 6.45) is 1.96. The molecule has 2 heterocycles. The van der Waals surface area contributed by atoms with Gasteiger partial charge in [0.25, 0.3) is 0 Å². The molecule has 0 amide bonds. The molecule has 3 aromatic rings. The van der Waals surface area contributed by atoms with Crippen molar-refractivity contribution in [2.45, 2.75) is 38.6 Å². The first-order valence-corrected chi connectivity index (χ1v) is 8.04. The second-order valence-corrected chi connectivity index (χ2v) is 6.45. The highest BCUT2D eigenvalue weighted by molar-refractivity contribution is 14.0. The molecule has 1 aromatic carbocycles. The van der Waals surface area contributed by atoms with Crippen LogP contribution in [0.5, 0.6) is 0 Å². The Morgan fingerprint density at radius 2 is 1.86 bits per heavy atom. The van der Waals surface area contributed by atoms with E-state index in [2.05, 4.69) is 60.8 Å². The average molecular weight is 425 g/mol. The minimum atomic E-state index is 0. The second-order valence-electron chi connectivity index (χ2n) is 5.49. The van der Waals surface area contributed by atoms with Gasteiger partial charge in [0.1, 0.15) is 0 Å². The van der Waals surface area contributed by atoms with Gasteiger partial charge >= 0.3 is 0 Å². The summed E-state index contributed by atoms with van der Waals surface area (Å²) in [4.78, 5) is 12.6. The van der Waals surface area contributed by atoms with Crippen LogP contribution in [0.25, 0.3) is 11.0 Å². The summed E-state index contributed by atoms with van der Waals surface area (Å²) < 4.78 is 0.